The van der Waals surface area contributed by atoms with Crippen molar-refractivity contribution in [3.05, 3.63) is 24.1 Å². The van der Waals surface area contributed by atoms with E-state index in [1.165, 1.54) is 0 Å². The van der Waals surface area contributed by atoms with Crippen LogP contribution in [0.3, 0.4) is 0 Å². The average Bonchev–Trinajstić information content (AvgIpc) is 2.93. The minimum absolute atomic E-state index is 0.617. The van der Waals surface area contributed by atoms with Gasteiger partial charge >= 0.3 is 0 Å². The average molecular weight is 303 g/mol. The fourth-order valence-electron chi connectivity index (χ4n) is 2.50. The lowest BCUT2D eigenvalue weighted by Gasteiger charge is -2.34. The van der Waals surface area contributed by atoms with Gasteiger partial charge in [0.15, 0.2) is 5.82 Å². The van der Waals surface area contributed by atoms with E-state index in [9.17, 15) is 0 Å². The Morgan fingerprint density at radius 1 is 1.18 bits per heavy atom. The van der Waals surface area contributed by atoms with Gasteiger partial charge in [-0.2, -0.15) is 4.98 Å². The molecule has 0 unspecified atom stereocenters. The van der Waals surface area contributed by atoms with Crippen LogP contribution in [0.15, 0.2) is 16.9 Å². The Balaban J connectivity index is 1.58. The summed E-state index contributed by atoms with van der Waals surface area (Å²) in [5.74, 6) is 3.28. The highest BCUT2D eigenvalue weighted by molar-refractivity contribution is 5.49. The van der Waals surface area contributed by atoms with E-state index in [0.29, 0.717) is 5.89 Å². The van der Waals surface area contributed by atoms with Crippen molar-refractivity contribution in [2.75, 3.05) is 50.1 Å². The molecule has 1 aliphatic heterocycles. The van der Waals surface area contributed by atoms with E-state index < -0.39 is 0 Å². The highest BCUT2D eigenvalue weighted by atomic mass is 16.5. The van der Waals surface area contributed by atoms with Crippen LogP contribution in [0.1, 0.15) is 11.7 Å². The predicted molar refractivity (Wildman–Crippen MR) is 82.9 cm³/mol. The molecule has 0 radical (unpaired) electrons. The lowest BCUT2D eigenvalue weighted by atomic mass is 10.3. The molecule has 0 spiro atoms. The summed E-state index contributed by atoms with van der Waals surface area (Å²) in [5, 5.41) is 3.95. The third kappa shape index (κ3) is 3.33. The zero-order valence-electron chi connectivity index (χ0n) is 13.2. The number of rotatable bonds is 4. The van der Waals surface area contributed by atoms with Gasteiger partial charge in [0.1, 0.15) is 18.0 Å². The first-order valence-corrected chi connectivity index (χ1v) is 7.37. The lowest BCUT2D eigenvalue weighted by molar-refractivity contribution is 0.239. The van der Waals surface area contributed by atoms with E-state index in [4.69, 9.17) is 4.52 Å². The molecule has 0 aromatic carbocycles. The summed E-state index contributed by atoms with van der Waals surface area (Å²) in [5.41, 5.74) is 0. The molecule has 118 valence electrons. The number of hydrogen-bond donors (Lipinski definition) is 0. The van der Waals surface area contributed by atoms with Gasteiger partial charge < -0.3 is 14.3 Å². The van der Waals surface area contributed by atoms with Crippen LogP contribution in [-0.4, -0.2) is 65.3 Å². The van der Waals surface area contributed by atoms with Gasteiger partial charge in [0, 0.05) is 53.3 Å². The first-order valence-electron chi connectivity index (χ1n) is 7.37. The Labute approximate surface area is 129 Å². The number of aryl methyl sites for hydroxylation is 1. The Bertz CT molecular complexity index is 619. The summed E-state index contributed by atoms with van der Waals surface area (Å²) in [4.78, 5) is 19.5. The van der Waals surface area contributed by atoms with Gasteiger partial charge in [-0.25, -0.2) is 9.97 Å². The van der Waals surface area contributed by atoms with Crippen LogP contribution in [0.4, 0.5) is 11.6 Å². The topological polar surface area (TPSA) is 74.4 Å². The molecule has 0 saturated carbocycles. The van der Waals surface area contributed by atoms with Crippen LogP contribution < -0.4 is 9.80 Å². The number of anilines is 2. The molecule has 8 nitrogen and oxygen atoms in total. The molecule has 0 amide bonds. The molecule has 3 heterocycles. The Morgan fingerprint density at radius 2 is 1.95 bits per heavy atom. The molecule has 0 atom stereocenters. The fourth-order valence-corrected chi connectivity index (χ4v) is 2.50. The molecule has 0 N–H and O–H groups in total. The standard InChI is InChI=1S/C14H21N7O/c1-11-17-12(18-22-11)9-20-4-6-21(7-5-20)14-8-13(19(2)3)15-10-16-14/h8,10H,4-7,9H2,1-3H3. The van der Waals surface area contributed by atoms with E-state index >= 15 is 0 Å². The van der Waals surface area contributed by atoms with Crippen LogP contribution in [0, 0.1) is 6.92 Å². The molecule has 1 aliphatic rings. The van der Waals surface area contributed by atoms with Crippen molar-refractivity contribution in [2.45, 2.75) is 13.5 Å². The Hall–Kier alpha value is -2.22. The summed E-state index contributed by atoms with van der Waals surface area (Å²) < 4.78 is 5.01. The highest BCUT2D eigenvalue weighted by Crippen LogP contribution is 2.18. The third-order valence-electron chi connectivity index (χ3n) is 3.73. The van der Waals surface area contributed by atoms with Crippen LogP contribution >= 0.6 is 0 Å². The minimum atomic E-state index is 0.617. The lowest BCUT2D eigenvalue weighted by Crippen LogP contribution is -2.46. The number of aromatic nitrogens is 4. The number of nitrogens with zero attached hydrogens (tertiary/aromatic N) is 7. The maximum atomic E-state index is 5.01. The molecule has 1 saturated heterocycles. The second kappa shape index (κ2) is 6.27. The van der Waals surface area contributed by atoms with Gasteiger partial charge in [-0.1, -0.05) is 5.16 Å². The van der Waals surface area contributed by atoms with Crippen LogP contribution in [0.25, 0.3) is 0 Å². The molecule has 1 fully saturated rings. The van der Waals surface area contributed by atoms with Crippen LogP contribution in [0.2, 0.25) is 0 Å². The third-order valence-corrected chi connectivity index (χ3v) is 3.73. The normalized spacial score (nSPS) is 16.0. The molecule has 2 aromatic rings. The van der Waals surface area contributed by atoms with Crippen LogP contribution in [0.5, 0.6) is 0 Å². The van der Waals surface area contributed by atoms with E-state index in [1.807, 2.05) is 32.0 Å². The Kier molecular flexibility index (Phi) is 4.19. The molecule has 2 aromatic heterocycles. The molecule has 3 rings (SSSR count). The smallest absolute Gasteiger partial charge is 0.223 e. The number of piperazine rings is 1. The van der Waals surface area contributed by atoms with E-state index in [-0.39, 0.29) is 0 Å². The minimum Gasteiger partial charge on any atom is -0.363 e. The molecule has 0 aliphatic carbocycles. The summed E-state index contributed by atoms with van der Waals surface area (Å²) in [7, 11) is 3.97. The highest BCUT2D eigenvalue weighted by Gasteiger charge is 2.20. The predicted octanol–water partition coefficient (Wildman–Crippen LogP) is 0.556. The van der Waals surface area contributed by atoms with Gasteiger partial charge in [-0.05, 0) is 0 Å². The second-order valence-corrected chi connectivity index (χ2v) is 5.62. The van der Waals surface area contributed by atoms with Crippen molar-refractivity contribution in [1.29, 1.82) is 0 Å². The van der Waals surface area contributed by atoms with Crippen molar-refractivity contribution >= 4 is 11.6 Å². The fraction of sp³-hybridized carbons (Fsp3) is 0.571. The van der Waals surface area contributed by atoms with Crippen molar-refractivity contribution in [3.8, 4) is 0 Å². The van der Waals surface area contributed by atoms with Crippen molar-refractivity contribution < 1.29 is 4.52 Å². The largest absolute Gasteiger partial charge is 0.363 e. The molecule has 22 heavy (non-hydrogen) atoms. The molecular weight excluding hydrogens is 282 g/mol. The number of hydrogen-bond acceptors (Lipinski definition) is 8. The molecule has 8 heteroatoms. The van der Waals surface area contributed by atoms with Gasteiger partial charge in [-0.15, -0.1) is 0 Å². The molecular formula is C14H21N7O. The monoisotopic (exact) mass is 303 g/mol. The molecule has 0 bridgehead atoms. The van der Waals surface area contributed by atoms with Gasteiger partial charge in [0.2, 0.25) is 5.89 Å². The Morgan fingerprint density at radius 3 is 2.59 bits per heavy atom. The summed E-state index contributed by atoms with van der Waals surface area (Å²) in [6, 6.07) is 2.03. The zero-order chi connectivity index (χ0) is 15.5. The van der Waals surface area contributed by atoms with Crippen molar-refractivity contribution in [3.63, 3.8) is 0 Å². The first kappa shape index (κ1) is 14.7. The maximum Gasteiger partial charge on any atom is 0.223 e. The first-order chi connectivity index (χ1) is 10.6. The maximum absolute atomic E-state index is 5.01. The SMILES string of the molecule is Cc1nc(CN2CCN(c3cc(N(C)C)ncn3)CC2)no1. The quantitative estimate of drug-likeness (QED) is 0.811. The van der Waals surface area contributed by atoms with E-state index in [0.717, 1.165) is 50.2 Å². The van der Waals surface area contributed by atoms with Gasteiger partial charge in [0.05, 0.1) is 6.54 Å². The van der Waals surface area contributed by atoms with E-state index in [2.05, 4.69) is 29.9 Å². The second-order valence-electron chi connectivity index (χ2n) is 5.62. The summed E-state index contributed by atoms with van der Waals surface area (Å²) >= 11 is 0. The zero-order valence-corrected chi connectivity index (χ0v) is 13.2. The van der Waals surface area contributed by atoms with Gasteiger partial charge in [-0.3, -0.25) is 4.90 Å². The van der Waals surface area contributed by atoms with Crippen LogP contribution in [-0.2, 0) is 6.54 Å². The van der Waals surface area contributed by atoms with Gasteiger partial charge in [0.25, 0.3) is 0 Å². The summed E-state index contributed by atoms with van der Waals surface area (Å²) in [6.45, 7) is 6.31. The van der Waals surface area contributed by atoms with E-state index in [1.54, 1.807) is 6.33 Å². The van der Waals surface area contributed by atoms with Crippen molar-refractivity contribution in [2.24, 2.45) is 0 Å². The van der Waals surface area contributed by atoms with Crippen molar-refractivity contribution in [1.82, 2.24) is 25.0 Å². The summed E-state index contributed by atoms with van der Waals surface area (Å²) in [6.07, 6.45) is 1.62.